The van der Waals surface area contributed by atoms with E-state index in [0.29, 0.717) is 19.2 Å². The fourth-order valence-electron chi connectivity index (χ4n) is 4.24. The minimum atomic E-state index is 0.110. The van der Waals surface area contributed by atoms with Crippen LogP contribution in [0.4, 0.5) is 5.82 Å². The first-order valence-electron chi connectivity index (χ1n) is 10.1. The molecule has 1 aromatic rings. The van der Waals surface area contributed by atoms with Gasteiger partial charge in [0.2, 0.25) is 5.91 Å². The molecular formula is C20H33N5O2. The molecule has 150 valence electrons. The zero-order valence-corrected chi connectivity index (χ0v) is 16.9. The van der Waals surface area contributed by atoms with Gasteiger partial charge in [0.15, 0.2) is 0 Å². The van der Waals surface area contributed by atoms with Gasteiger partial charge in [0.25, 0.3) is 0 Å². The van der Waals surface area contributed by atoms with Crippen molar-refractivity contribution in [2.45, 2.75) is 45.6 Å². The summed E-state index contributed by atoms with van der Waals surface area (Å²) in [7, 11) is 1.66. The van der Waals surface area contributed by atoms with Crippen LogP contribution in [0, 0.1) is 19.8 Å². The van der Waals surface area contributed by atoms with Crippen molar-refractivity contribution in [3.8, 4) is 0 Å². The van der Waals surface area contributed by atoms with Crippen LogP contribution in [0.5, 0.6) is 0 Å². The van der Waals surface area contributed by atoms with E-state index in [-0.39, 0.29) is 11.8 Å². The Labute approximate surface area is 162 Å². The maximum absolute atomic E-state index is 12.4. The lowest BCUT2D eigenvalue weighted by atomic mass is 9.93. The van der Waals surface area contributed by atoms with Gasteiger partial charge in [-0.2, -0.15) is 0 Å². The van der Waals surface area contributed by atoms with Gasteiger partial charge < -0.3 is 15.0 Å². The third-order valence-corrected chi connectivity index (χ3v) is 5.76. The van der Waals surface area contributed by atoms with Gasteiger partial charge in [0.1, 0.15) is 5.82 Å². The van der Waals surface area contributed by atoms with E-state index in [4.69, 9.17) is 9.72 Å². The lowest BCUT2D eigenvalue weighted by Gasteiger charge is -2.42. The largest absolute Gasteiger partial charge is 0.383 e. The highest BCUT2D eigenvalue weighted by atomic mass is 16.5. The number of amides is 1. The Hall–Kier alpha value is -1.73. The van der Waals surface area contributed by atoms with Crippen molar-refractivity contribution in [3.05, 3.63) is 17.6 Å². The van der Waals surface area contributed by atoms with E-state index in [2.05, 4.69) is 20.1 Å². The lowest BCUT2D eigenvalue weighted by Crippen LogP contribution is -2.51. The molecule has 7 nitrogen and oxygen atoms in total. The number of ether oxygens (including phenoxy) is 1. The van der Waals surface area contributed by atoms with Gasteiger partial charge in [-0.05, 0) is 46.1 Å². The number of piperidine rings is 2. The first kappa shape index (κ1) is 20.0. The Kier molecular flexibility index (Phi) is 7.01. The number of nitrogens with zero attached hydrogens (tertiary/aromatic N) is 4. The number of rotatable bonds is 6. The Bertz CT molecular complexity index is 631. The Morgan fingerprint density at radius 2 is 2.04 bits per heavy atom. The summed E-state index contributed by atoms with van der Waals surface area (Å²) < 4.78 is 5.02. The number of anilines is 1. The maximum atomic E-state index is 12.4. The van der Waals surface area contributed by atoms with Crippen molar-refractivity contribution in [2.24, 2.45) is 5.92 Å². The second kappa shape index (κ2) is 9.46. The molecule has 3 heterocycles. The van der Waals surface area contributed by atoms with Crippen LogP contribution in [-0.2, 0) is 9.53 Å². The van der Waals surface area contributed by atoms with Crippen LogP contribution < -0.4 is 10.2 Å². The monoisotopic (exact) mass is 375 g/mol. The van der Waals surface area contributed by atoms with E-state index in [0.717, 1.165) is 69.1 Å². The molecule has 0 aliphatic carbocycles. The van der Waals surface area contributed by atoms with Crippen LogP contribution in [0.1, 0.15) is 37.1 Å². The molecule has 0 aromatic carbocycles. The molecule has 7 heteroatoms. The minimum Gasteiger partial charge on any atom is -0.383 e. The number of carbonyl (C=O) groups is 1. The molecule has 2 saturated heterocycles. The summed E-state index contributed by atoms with van der Waals surface area (Å²) in [6.45, 7) is 9.20. The molecule has 1 atom stereocenters. The van der Waals surface area contributed by atoms with Crippen molar-refractivity contribution in [1.29, 1.82) is 0 Å². The molecule has 2 aliphatic heterocycles. The van der Waals surface area contributed by atoms with Crippen LogP contribution in [-0.4, -0.2) is 73.3 Å². The van der Waals surface area contributed by atoms with Crippen molar-refractivity contribution in [1.82, 2.24) is 20.2 Å². The van der Waals surface area contributed by atoms with E-state index in [1.54, 1.807) is 7.11 Å². The molecule has 1 N–H and O–H groups in total. The van der Waals surface area contributed by atoms with Crippen molar-refractivity contribution < 1.29 is 9.53 Å². The third-order valence-electron chi connectivity index (χ3n) is 5.76. The summed E-state index contributed by atoms with van der Waals surface area (Å²) in [5, 5.41) is 3.00. The van der Waals surface area contributed by atoms with E-state index in [9.17, 15) is 4.79 Å². The van der Waals surface area contributed by atoms with Gasteiger partial charge >= 0.3 is 0 Å². The normalized spacial score (nSPS) is 22.0. The number of carbonyl (C=O) groups excluding carboxylic acids is 1. The Balaban J connectivity index is 1.51. The van der Waals surface area contributed by atoms with Gasteiger partial charge in [-0.15, -0.1) is 0 Å². The number of nitrogens with one attached hydrogen (secondary N) is 1. The summed E-state index contributed by atoms with van der Waals surface area (Å²) >= 11 is 0. The molecule has 0 saturated carbocycles. The van der Waals surface area contributed by atoms with Crippen molar-refractivity contribution >= 4 is 11.7 Å². The number of likely N-dealkylation sites (tertiary alicyclic amines) is 1. The van der Waals surface area contributed by atoms with E-state index in [1.807, 2.05) is 20.0 Å². The van der Waals surface area contributed by atoms with Crippen LogP contribution in [0.25, 0.3) is 0 Å². The first-order chi connectivity index (χ1) is 13.1. The van der Waals surface area contributed by atoms with E-state index in [1.165, 1.54) is 0 Å². The van der Waals surface area contributed by atoms with Crippen LogP contribution in [0.2, 0.25) is 0 Å². The highest BCUT2D eigenvalue weighted by Crippen LogP contribution is 2.26. The first-order valence-corrected chi connectivity index (χ1v) is 10.1. The summed E-state index contributed by atoms with van der Waals surface area (Å²) in [5.74, 6) is 1.32. The molecule has 0 spiro atoms. The Morgan fingerprint density at radius 1 is 1.26 bits per heavy atom. The molecule has 1 aromatic heterocycles. The molecule has 2 fully saturated rings. The predicted molar refractivity (Wildman–Crippen MR) is 106 cm³/mol. The van der Waals surface area contributed by atoms with Crippen LogP contribution in [0.3, 0.4) is 0 Å². The van der Waals surface area contributed by atoms with Gasteiger partial charge in [-0.3, -0.25) is 14.7 Å². The summed E-state index contributed by atoms with van der Waals surface area (Å²) in [6, 6.07) is 0.564. The number of hydrogen-bond acceptors (Lipinski definition) is 6. The molecule has 2 aliphatic rings. The van der Waals surface area contributed by atoms with Crippen LogP contribution >= 0.6 is 0 Å². The second-order valence-electron chi connectivity index (χ2n) is 7.76. The standard InChI is InChI=1S/C20H33N5O2/c1-15-13-22-16(2)19(23-15)24-10-6-18(7-11-24)25-9-4-5-17(14-25)20(26)21-8-12-27-3/h13,17-18H,4-12,14H2,1-3H3,(H,21,26)/t17-/m1/s1. The molecule has 0 radical (unpaired) electrons. The molecular weight excluding hydrogens is 342 g/mol. The third kappa shape index (κ3) is 5.17. The molecule has 0 unspecified atom stereocenters. The quantitative estimate of drug-likeness (QED) is 0.761. The molecule has 0 bridgehead atoms. The zero-order chi connectivity index (χ0) is 19.2. The fourth-order valence-corrected chi connectivity index (χ4v) is 4.24. The average Bonchev–Trinajstić information content (AvgIpc) is 2.70. The molecule has 3 rings (SSSR count). The van der Waals surface area contributed by atoms with Gasteiger partial charge in [-0.25, -0.2) is 4.98 Å². The number of hydrogen-bond donors (Lipinski definition) is 1. The van der Waals surface area contributed by atoms with Crippen molar-refractivity contribution in [3.63, 3.8) is 0 Å². The topological polar surface area (TPSA) is 70.6 Å². The number of aromatic nitrogens is 2. The predicted octanol–water partition coefficient (Wildman–Crippen LogP) is 1.54. The van der Waals surface area contributed by atoms with E-state index < -0.39 is 0 Å². The fraction of sp³-hybridized carbons (Fsp3) is 0.750. The number of aryl methyl sites for hydroxylation is 2. The average molecular weight is 376 g/mol. The smallest absolute Gasteiger partial charge is 0.224 e. The van der Waals surface area contributed by atoms with Gasteiger partial charge in [-0.1, -0.05) is 0 Å². The Morgan fingerprint density at radius 3 is 2.78 bits per heavy atom. The van der Waals surface area contributed by atoms with Crippen LogP contribution in [0.15, 0.2) is 6.20 Å². The van der Waals surface area contributed by atoms with Gasteiger partial charge in [0, 0.05) is 45.5 Å². The molecule has 27 heavy (non-hydrogen) atoms. The zero-order valence-electron chi connectivity index (χ0n) is 16.9. The summed E-state index contributed by atoms with van der Waals surface area (Å²) in [6.07, 6.45) is 6.16. The SMILES string of the molecule is COCCNC(=O)[C@@H]1CCCN(C2CCN(c3nc(C)cnc3C)CC2)C1. The lowest BCUT2D eigenvalue weighted by molar-refractivity contribution is -0.127. The summed E-state index contributed by atoms with van der Waals surface area (Å²) in [5.41, 5.74) is 1.97. The van der Waals surface area contributed by atoms with Crippen molar-refractivity contribution in [2.75, 3.05) is 51.3 Å². The van der Waals surface area contributed by atoms with E-state index >= 15 is 0 Å². The second-order valence-corrected chi connectivity index (χ2v) is 7.76. The highest BCUT2D eigenvalue weighted by Gasteiger charge is 2.32. The highest BCUT2D eigenvalue weighted by molar-refractivity contribution is 5.78. The maximum Gasteiger partial charge on any atom is 0.224 e. The van der Waals surface area contributed by atoms with Gasteiger partial charge in [0.05, 0.1) is 23.9 Å². The molecule has 1 amide bonds. The minimum absolute atomic E-state index is 0.110. The number of methoxy groups -OCH3 is 1. The summed E-state index contributed by atoms with van der Waals surface area (Å²) in [4.78, 5) is 26.4.